The van der Waals surface area contributed by atoms with E-state index in [1.165, 1.54) is 42.9 Å². The molecule has 1 unspecified atom stereocenters. The summed E-state index contributed by atoms with van der Waals surface area (Å²) in [5, 5.41) is -0.284. The highest BCUT2D eigenvalue weighted by atomic mass is 32.2. The zero-order valence-corrected chi connectivity index (χ0v) is 11.5. The number of thioether (sulfide) groups is 2. The Kier molecular flexibility index (Phi) is 5.83. The lowest BCUT2D eigenvalue weighted by Crippen LogP contribution is -2.36. The van der Waals surface area contributed by atoms with Gasteiger partial charge in [-0.1, -0.05) is 18.2 Å². The lowest BCUT2D eigenvalue weighted by Gasteiger charge is -2.36. The van der Waals surface area contributed by atoms with Crippen LogP contribution in [0.3, 0.4) is 0 Å². The summed E-state index contributed by atoms with van der Waals surface area (Å²) in [6, 6.07) is 0. The highest BCUT2D eigenvalue weighted by molar-refractivity contribution is 8.00. The van der Waals surface area contributed by atoms with E-state index >= 15 is 0 Å². The first kappa shape index (κ1) is 13.1. The third-order valence-electron chi connectivity index (χ3n) is 2.96. The third kappa shape index (κ3) is 4.13. The molecule has 0 N–H and O–H groups in total. The molecule has 0 amide bonds. The highest BCUT2D eigenvalue weighted by Crippen LogP contribution is 2.38. The van der Waals surface area contributed by atoms with E-state index in [2.05, 4.69) is 11.8 Å². The average molecular weight is 262 g/mol. The molecule has 0 saturated carbocycles. The van der Waals surface area contributed by atoms with Gasteiger partial charge in [0.25, 0.3) is 0 Å². The average Bonchev–Trinajstić information content (AvgIpc) is 2.37. The van der Waals surface area contributed by atoms with Crippen molar-refractivity contribution >= 4 is 23.5 Å². The largest absolute Gasteiger partial charge is 0.341 e. The van der Waals surface area contributed by atoms with Crippen LogP contribution in [0.5, 0.6) is 0 Å². The van der Waals surface area contributed by atoms with Gasteiger partial charge in [0.2, 0.25) is 5.12 Å². The maximum Gasteiger partial charge on any atom is 0.218 e. The minimum absolute atomic E-state index is 0.284. The molecule has 4 heteroatoms. The van der Waals surface area contributed by atoms with Gasteiger partial charge in [0.1, 0.15) is 0 Å². The molecule has 16 heavy (non-hydrogen) atoms. The molecule has 2 fully saturated rings. The summed E-state index contributed by atoms with van der Waals surface area (Å²) >= 11 is 3.95. The Bertz CT molecular complexity index is 179. The van der Waals surface area contributed by atoms with Crippen molar-refractivity contribution in [1.29, 1.82) is 0 Å². The van der Waals surface area contributed by atoms with Crippen LogP contribution in [0.4, 0.5) is 0 Å². The van der Waals surface area contributed by atoms with Crippen molar-refractivity contribution in [1.82, 2.24) is 0 Å². The van der Waals surface area contributed by atoms with E-state index < -0.39 is 0 Å². The molecular formula is C12H22O2S2. The van der Waals surface area contributed by atoms with Crippen molar-refractivity contribution in [3.05, 3.63) is 0 Å². The first-order valence-electron chi connectivity index (χ1n) is 6.41. The Morgan fingerprint density at radius 2 is 1.50 bits per heavy atom. The maximum atomic E-state index is 6.03. The van der Waals surface area contributed by atoms with Gasteiger partial charge >= 0.3 is 0 Å². The van der Waals surface area contributed by atoms with Gasteiger partial charge < -0.3 is 9.47 Å². The molecule has 2 aliphatic rings. The van der Waals surface area contributed by atoms with Crippen LogP contribution < -0.4 is 0 Å². The molecule has 0 aliphatic carbocycles. The number of hydrogen-bond donors (Lipinski definition) is 0. The Balaban J connectivity index is 1.86. The smallest absolute Gasteiger partial charge is 0.218 e. The van der Waals surface area contributed by atoms with E-state index in [0.717, 1.165) is 26.1 Å². The van der Waals surface area contributed by atoms with Crippen LogP contribution >= 0.6 is 23.5 Å². The van der Waals surface area contributed by atoms with Gasteiger partial charge in [-0.25, -0.2) is 0 Å². The van der Waals surface area contributed by atoms with Crippen molar-refractivity contribution < 1.29 is 9.47 Å². The minimum atomic E-state index is -0.284. The molecule has 2 aliphatic heterocycles. The van der Waals surface area contributed by atoms with Gasteiger partial charge in [-0.15, -0.1) is 0 Å². The zero-order chi connectivity index (χ0) is 11.1. The molecule has 1 atom stereocenters. The number of ether oxygens (including phenoxy) is 2. The quantitative estimate of drug-likeness (QED) is 0.665. The second kappa shape index (κ2) is 7.14. The fourth-order valence-corrected chi connectivity index (χ4v) is 4.20. The first-order valence-corrected chi connectivity index (χ1v) is 8.55. The second-order valence-corrected chi connectivity index (χ2v) is 6.90. The van der Waals surface area contributed by atoms with Crippen LogP contribution in [0.25, 0.3) is 0 Å². The molecule has 0 aromatic rings. The van der Waals surface area contributed by atoms with E-state index in [9.17, 15) is 0 Å². The molecule has 2 rings (SSSR count). The molecular weight excluding hydrogens is 240 g/mol. The van der Waals surface area contributed by atoms with Crippen LogP contribution in [0.1, 0.15) is 38.5 Å². The predicted molar refractivity (Wildman–Crippen MR) is 72.1 cm³/mol. The molecule has 1 spiro atoms. The fraction of sp³-hybridized carbons (Fsp3) is 1.00. The Morgan fingerprint density at radius 1 is 0.750 bits per heavy atom. The summed E-state index contributed by atoms with van der Waals surface area (Å²) in [5.74, 6) is 3.75. The van der Waals surface area contributed by atoms with Crippen molar-refractivity contribution in [2.75, 3.05) is 30.5 Å². The Morgan fingerprint density at radius 3 is 2.31 bits per heavy atom. The van der Waals surface area contributed by atoms with Crippen LogP contribution in [0, 0.1) is 0 Å². The molecule has 2 heterocycles. The molecule has 0 aromatic carbocycles. The van der Waals surface area contributed by atoms with Crippen LogP contribution in [-0.2, 0) is 9.47 Å². The van der Waals surface area contributed by atoms with E-state index in [4.69, 9.17) is 9.47 Å². The topological polar surface area (TPSA) is 18.5 Å². The summed E-state index contributed by atoms with van der Waals surface area (Å²) in [7, 11) is 0. The summed E-state index contributed by atoms with van der Waals surface area (Å²) < 4.78 is 11.9. The van der Waals surface area contributed by atoms with Crippen LogP contribution in [-0.4, -0.2) is 35.6 Å². The van der Waals surface area contributed by atoms with Crippen molar-refractivity contribution in [3.8, 4) is 0 Å². The van der Waals surface area contributed by atoms with E-state index in [1.54, 1.807) is 0 Å². The van der Waals surface area contributed by atoms with Crippen molar-refractivity contribution in [3.63, 3.8) is 0 Å². The fourth-order valence-electron chi connectivity index (χ4n) is 2.07. The molecule has 2 saturated heterocycles. The van der Waals surface area contributed by atoms with Gasteiger partial charge in [0, 0.05) is 12.2 Å². The predicted octanol–water partition coefficient (Wildman–Crippen LogP) is 3.51. The van der Waals surface area contributed by atoms with Crippen molar-refractivity contribution in [2.45, 2.75) is 43.6 Å². The lowest BCUT2D eigenvalue weighted by molar-refractivity contribution is -0.179. The Labute approximate surface area is 107 Å². The van der Waals surface area contributed by atoms with Gasteiger partial charge in [0.15, 0.2) is 0 Å². The number of rotatable bonds is 0. The monoisotopic (exact) mass is 262 g/mol. The van der Waals surface area contributed by atoms with Crippen LogP contribution in [0.15, 0.2) is 0 Å². The van der Waals surface area contributed by atoms with Crippen molar-refractivity contribution in [2.24, 2.45) is 0 Å². The van der Waals surface area contributed by atoms with Gasteiger partial charge in [-0.2, -0.15) is 11.8 Å². The lowest BCUT2D eigenvalue weighted by atomic mass is 10.2. The summed E-state index contributed by atoms with van der Waals surface area (Å²) in [4.78, 5) is 0. The third-order valence-corrected chi connectivity index (χ3v) is 5.49. The summed E-state index contributed by atoms with van der Waals surface area (Å²) in [6.07, 6.45) is 7.32. The summed E-state index contributed by atoms with van der Waals surface area (Å²) in [6.45, 7) is 1.74. The van der Waals surface area contributed by atoms with E-state index in [0.29, 0.717) is 0 Å². The van der Waals surface area contributed by atoms with E-state index in [1.807, 2.05) is 11.8 Å². The van der Waals surface area contributed by atoms with E-state index in [-0.39, 0.29) is 5.12 Å². The SMILES string of the molecule is C1CCSCCCOC2(CC1)OCCCS2. The van der Waals surface area contributed by atoms with Crippen LogP contribution in [0.2, 0.25) is 0 Å². The Hall–Kier alpha value is 0.620. The summed E-state index contributed by atoms with van der Waals surface area (Å²) in [5.41, 5.74) is 0. The van der Waals surface area contributed by atoms with Gasteiger partial charge in [0.05, 0.1) is 13.2 Å². The number of hydrogen-bond acceptors (Lipinski definition) is 4. The zero-order valence-electron chi connectivity index (χ0n) is 9.91. The highest BCUT2D eigenvalue weighted by Gasteiger charge is 2.34. The van der Waals surface area contributed by atoms with Gasteiger partial charge in [-0.05, 0) is 37.2 Å². The first-order chi connectivity index (χ1) is 7.91. The molecule has 0 bridgehead atoms. The molecule has 2 nitrogen and oxygen atoms in total. The normalized spacial score (nSPS) is 34.5. The minimum Gasteiger partial charge on any atom is -0.341 e. The maximum absolute atomic E-state index is 6.03. The molecule has 94 valence electrons. The molecule has 0 aromatic heterocycles. The van der Waals surface area contributed by atoms with Gasteiger partial charge in [-0.3, -0.25) is 0 Å². The molecule has 0 radical (unpaired) electrons. The standard InChI is InChI=1S/C12H22O2S2/c1-2-6-12(14-8-5-11-16-12)13-7-4-10-15-9-3-1/h1-11H2. The second-order valence-electron chi connectivity index (χ2n) is 4.36.